The van der Waals surface area contributed by atoms with E-state index < -0.39 is 23.9 Å². The van der Waals surface area contributed by atoms with Gasteiger partial charge in [0.1, 0.15) is 16.9 Å². The second-order valence-electron chi connectivity index (χ2n) is 5.45. The molecular formula is C17H15NO4S. The molecule has 23 heavy (non-hydrogen) atoms. The van der Waals surface area contributed by atoms with Crippen LogP contribution < -0.4 is 5.73 Å². The van der Waals surface area contributed by atoms with E-state index in [0.29, 0.717) is 16.2 Å². The summed E-state index contributed by atoms with van der Waals surface area (Å²) in [6.07, 6.45) is -0.152. The third-order valence-electron chi connectivity index (χ3n) is 3.90. The molecule has 0 saturated heterocycles. The number of amides is 1. The van der Waals surface area contributed by atoms with Crippen LogP contribution in [0.5, 0.6) is 0 Å². The van der Waals surface area contributed by atoms with Crippen molar-refractivity contribution in [3.8, 4) is 0 Å². The Balaban J connectivity index is 1.81. The number of fused-ring (bicyclic) bond motifs is 1. The molecule has 1 aromatic carbocycles. The van der Waals surface area contributed by atoms with Crippen molar-refractivity contribution in [2.45, 2.75) is 25.4 Å². The summed E-state index contributed by atoms with van der Waals surface area (Å²) in [6, 6.07) is 10.6. The van der Waals surface area contributed by atoms with Gasteiger partial charge in [0.2, 0.25) is 5.91 Å². The van der Waals surface area contributed by atoms with Gasteiger partial charge in [-0.3, -0.25) is 9.59 Å². The molecule has 0 spiro atoms. The second kappa shape index (κ2) is 5.96. The number of rotatable bonds is 4. The molecule has 0 bridgehead atoms. The Morgan fingerprint density at radius 3 is 2.48 bits per heavy atom. The van der Waals surface area contributed by atoms with Gasteiger partial charge in [0, 0.05) is 6.42 Å². The van der Waals surface area contributed by atoms with Gasteiger partial charge in [0.05, 0.1) is 4.88 Å². The van der Waals surface area contributed by atoms with Crippen molar-refractivity contribution in [2.24, 2.45) is 5.73 Å². The summed E-state index contributed by atoms with van der Waals surface area (Å²) in [7, 11) is 0. The van der Waals surface area contributed by atoms with Crippen molar-refractivity contribution < 1.29 is 19.1 Å². The van der Waals surface area contributed by atoms with Gasteiger partial charge in [-0.05, 0) is 30.2 Å². The number of Topliss-reactive ketones (excluding diaryl/α,β-unsaturated/α-hetero) is 1. The van der Waals surface area contributed by atoms with Crippen LogP contribution in [0.25, 0.3) is 0 Å². The number of hydrogen-bond donors (Lipinski definition) is 1. The van der Waals surface area contributed by atoms with E-state index in [1.165, 1.54) is 6.92 Å². The number of primary amides is 1. The highest BCUT2D eigenvalue weighted by molar-refractivity contribution is 7.15. The van der Waals surface area contributed by atoms with E-state index in [2.05, 4.69) is 0 Å². The number of ether oxygens (including phenoxy) is 1. The van der Waals surface area contributed by atoms with Gasteiger partial charge in [0.25, 0.3) is 0 Å². The van der Waals surface area contributed by atoms with Gasteiger partial charge < -0.3 is 10.5 Å². The average Bonchev–Trinajstić information content (AvgIpc) is 3.11. The molecule has 3 rings (SSSR count). The first-order valence-electron chi connectivity index (χ1n) is 7.16. The van der Waals surface area contributed by atoms with Crippen molar-refractivity contribution >= 4 is 29.0 Å². The minimum Gasteiger partial charge on any atom is -0.457 e. The highest BCUT2D eigenvalue weighted by Crippen LogP contribution is 2.35. The van der Waals surface area contributed by atoms with Crippen molar-refractivity contribution in [1.29, 1.82) is 0 Å². The molecule has 1 aromatic heterocycles. The van der Waals surface area contributed by atoms with Crippen molar-refractivity contribution in [2.75, 3.05) is 0 Å². The van der Waals surface area contributed by atoms with Gasteiger partial charge >= 0.3 is 5.97 Å². The van der Waals surface area contributed by atoms with Crippen LogP contribution in [0.4, 0.5) is 0 Å². The Hall–Kier alpha value is -2.47. The van der Waals surface area contributed by atoms with E-state index in [0.717, 1.165) is 22.5 Å². The minimum atomic E-state index is -0.637. The van der Waals surface area contributed by atoms with Gasteiger partial charge in [-0.25, -0.2) is 4.79 Å². The fourth-order valence-corrected chi connectivity index (χ4v) is 3.62. The fraction of sp³-hybridized carbons (Fsp3) is 0.235. The Bertz CT molecular complexity index is 795. The lowest BCUT2D eigenvalue weighted by Gasteiger charge is -2.17. The van der Waals surface area contributed by atoms with Crippen LogP contribution in [-0.4, -0.2) is 23.8 Å². The van der Waals surface area contributed by atoms with Crippen molar-refractivity contribution in [3.63, 3.8) is 0 Å². The molecule has 0 radical (unpaired) electrons. The summed E-state index contributed by atoms with van der Waals surface area (Å²) >= 11 is 1.09. The highest BCUT2D eigenvalue weighted by Gasteiger charge is 2.39. The SMILES string of the molecule is CC(=O)c1ccc(C(=O)OC2Cc3ccccc3C2C(N)=O)s1. The molecule has 2 N–H and O–H groups in total. The summed E-state index contributed by atoms with van der Waals surface area (Å²) in [6.45, 7) is 1.44. The number of ketones is 1. The molecule has 5 nitrogen and oxygen atoms in total. The first kappa shape index (κ1) is 15.4. The number of esters is 1. The maximum absolute atomic E-state index is 12.3. The molecule has 2 atom stereocenters. The number of carbonyl (C=O) groups excluding carboxylic acids is 3. The molecule has 0 saturated carbocycles. The number of carbonyl (C=O) groups is 3. The van der Waals surface area contributed by atoms with Gasteiger partial charge in [-0.2, -0.15) is 0 Å². The predicted octanol–water partition coefficient (Wildman–Crippen LogP) is 2.30. The van der Waals surface area contributed by atoms with E-state index in [-0.39, 0.29) is 5.78 Å². The first-order valence-corrected chi connectivity index (χ1v) is 7.98. The van der Waals surface area contributed by atoms with E-state index in [1.807, 2.05) is 24.3 Å². The van der Waals surface area contributed by atoms with Crippen molar-refractivity contribution in [3.05, 3.63) is 57.3 Å². The first-order chi connectivity index (χ1) is 11.0. The summed E-state index contributed by atoms with van der Waals surface area (Å²) in [5.74, 6) is -1.78. The molecule has 2 aromatic rings. The summed E-state index contributed by atoms with van der Waals surface area (Å²) < 4.78 is 5.51. The van der Waals surface area contributed by atoms with Crippen LogP contribution in [0.3, 0.4) is 0 Å². The van der Waals surface area contributed by atoms with Gasteiger partial charge in [-0.15, -0.1) is 11.3 Å². The number of hydrogen-bond acceptors (Lipinski definition) is 5. The smallest absolute Gasteiger partial charge is 0.348 e. The fourth-order valence-electron chi connectivity index (χ4n) is 2.84. The molecule has 2 unspecified atom stereocenters. The minimum absolute atomic E-state index is 0.0997. The lowest BCUT2D eigenvalue weighted by Crippen LogP contribution is -2.32. The summed E-state index contributed by atoms with van der Waals surface area (Å²) in [5, 5.41) is 0. The lowest BCUT2D eigenvalue weighted by atomic mass is 9.99. The van der Waals surface area contributed by atoms with Crippen LogP contribution in [-0.2, 0) is 16.0 Å². The normalized spacial score (nSPS) is 19.2. The van der Waals surface area contributed by atoms with Crippen LogP contribution in [0.2, 0.25) is 0 Å². The molecule has 1 heterocycles. The molecule has 118 valence electrons. The highest BCUT2D eigenvalue weighted by atomic mass is 32.1. The standard InChI is InChI=1S/C17H15NO4S/c1-9(19)13-6-7-14(23-13)17(21)22-12-8-10-4-2-3-5-11(10)15(12)16(18)20/h2-7,12,15H,8H2,1H3,(H2,18,20). The zero-order valence-corrected chi connectivity index (χ0v) is 13.3. The average molecular weight is 329 g/mol. The van der Waals surface area contributed by atoms with Gasteiger partial charge in [0.15, 0.2) is 5.78 Å². The molecule has 1 aliphatic rings. The number of thiophene rings is 1. The van der Waals surface area contributed by atoms with Gasteiger partial charge in [-0.1, -0.05) is 24.3 Å². The molecule has 0 fully saturated rings. The molecule has 6 heteroatoms. The summed E-state index contributed by atoms with van der Waals surface area (Å²) in [4.78, 5) is 36.2. The van der Waals surface area contributed by atoms with E-state index in [1.54, 1.807) is 12.1 Å². The Morgan fingerprint density at radius 2 is 1.83 bits per heavy atom. The van der Waals surface area contributed by atoms with Crippen LogP contribution >= 0.6 is 11.3 Å². The van der Waals surface area contributed by atoms with Crippen LogP contribution in [0.1, 0.15) is 43.3 Å². The third kappa shape index (κ3) is 2.90. The third-order valence-corrected chi connectivity index (χ3v) is 5.07. The molecule has 1 amide bonds. The Kier molecular flexibility index (Phi) is 4.00. The van der Waals surface area contributed by atoms with Crippen LogP contribution in [0.15, 0.2) is 36.4 Å². The predicted molar refractivity (Wildman–Crippen MR) is 85.6 cm³/mol. The number of nitrogens with two attached hydrogens (primary N) is 1. The molecule has 0 aliphatic heterocycles. The lowest BCUT2D eigenvalue weighted by molar-refractivity contribution is -0.121. The monoisotopic (exact) mass is 329 g/mol. The molecular weight excluding hydrogens is 314 g/mol. The maximum atomic E-state index is 12.3. The maximum Gasteiger partial charge on any atom is 0.348 e. The molecule has 1 aliphatic carbocycles. The van der Waals surface area contributed by atoms with Crippen LogP contribution in [0, 0.1) is 0 Å². The summed E-state index contributed by atoms with van der Waals surface area (Å²) in [5.41, 5.74) is 7.26. The van der Waals surface area contributed by atoms with E-state index in [4.69, 9.17) is 10.5 Å². The number of benzene rings is 1. The quantitative estimate of drug-likeness (QED) is 0.689. The van der Waals surface area contributed by atoms with E-state index in [9.17, 15) is 14.4 Å². The largest absolute Gasteiger partial charge is 0.457 e. The van der Waals surface area contributed by atoms with E-state index >= 15 is 0 Å². The Morgan fingerprint density at radius 1 is 1.13 bits per heavy atom. The zero-order valence-electron chi connectivity index (χ0n) is 12.4. The Labute approximate surface area is 137 Å². The second-order valence-corrected chi connectivity index (χ2v) is 6.53. The topological polar surface area (TPSA) is 86.5 Å². The van der Waals surface area contributed by atoms with Crippen molar-refractivity contribution in [1.82, 2.24) is 0 Å². The zero-order chi connectivity index (χ0) is 16.6.